The monoisotopic (exact) mass is 476 g/mol. The highest BCUT2D eigenvalue weighted by molar-refractivity contribution is 5.92. The number of carbonyl (C=O) groups is 1. The van der Waals surface area contributed by atoms with Gasteiger partial charge in [0.2, 0.25) is 5.95 Å². The third-order valence-corrected chi connectivity index (χ3v) is 5.57. The molecular weight excluding hydrogens is 447 g/mol. The molecule has 0 saturated carbocycles. The molecule has 0 aliphatic carbocycles. The zero-order valence-corrected chi connectivity index (χ0v) is 20.3. The summed E-state index contributed by atoms with van der Waals surface area (Å²) >= 11 is 0. The summed E-state index contributed by atoms with van der Waals surface area (Å²) in [7, 11) is 5.68. The Morgan fingerprint density at radius 2 is 1.83 bits per heavy atom. The van der Waals surface area contributed by atoms with E-state index in [2.05, 4.69) is 15.3 Å². The highest BCUT2D eigenvalue weighted by atomic mass is 19.1. The molecule has 8 nitrogen and oxygen atoms in total. The molecule has 4 aromatic rings. The summed E-state index contributed by atoms with van der Waals surface area (Å²) in [5, 5.41) is 3.08. The molecule has 0 saturated heterocycles. The summed E-state index contributed by atoms with van der Waals surface area (Å²) < 4.78 is 22.1. The molecule has 182 valence electrons. The van der Waals surface area contributed by atoms with Gasteiger partial charge in [0.25, 0.3) is 5.91 Å². The van der Waals surface area contributed by atoms with Crippen molar-refractivity contribution in [3.63, 3.8) is 0 Å². The van der Waals surface area contributed by atoms with E-state index in [1.807, 2.05) is 48.7 Å². The highest BCUT2D eigenvalue weighted by Gasteiger charge is 2.16. The minimum Gasteiger partial charge on any atom is -0.457 e. The van der Waals surface area contributed by atoms with Crippen LogP contribution in [-0.4, -0.2) is 64.5 Å². The standard InChI is InChI=1S/C26H29FN6O2/c1-5-33-24-11-10-18(16-22(24)30-26(33)29-21-9-7-6-8-20(21)27)35-19-12-13-28-23(17-19)25(34)32(4)15-14-31(2)3/h6-13,16-17H,5,14-15H2,1-4H3,(H,29,30). The lowest BCUT2D eigenvalue weighted by Gasteiger charge is -2.19. The van der Waals surface area contributed by atoms with Gasteiger partial charge in [0.1, 0.15) is 23.0 Å². The Labute approximate surface area is 204 Å². The van der Waals surface area contributed by atoms with Crippen molar-refractivity contribution in [2.24, 2.45) is 0 Å². The maximum atomic E-state index is 14.1. The zero-order chi connectivity index (χ0) is 24.9. The molecular formula is C26H29FN6O2. The number of rotatable bonds is 9. The number of pyridine rings is 1. The summed E-state index contributed by atoms with van der Waals surface area (Å²) in [5.74, 6) is 1.10. The molecule has 0 radical (unpaired) electrons. The number of hydrogen-bond donors (Lipinski definition) is 1. The number of imidazole rings is 1. The minimum absolute atomic E-state index is 0.168. The second-order valence-electron chi connectivity index (χ2n) is 8.44. The second-order valence-corrected chi connectivity index (χ2v) is 8.44. The Balaban J connectivity index is 1.55. The van der Waals surface area contributed by atoms with Gasteiger partial charge in [0, 0.05) is 45.0 Å². The first-order valence-corrected chi connectivity index (χ1v) is 11.4. The smallest absolute Gasteiger partial charge is 0.272 e. The Kier molecular flexibility index (Phi) is 7.26. The fourth-order valence-electron chi connectivity index (χ4n) is 3.65. The van der Waals surface area contributed by atoms with E-state index in [4.69, 9.17) is 4.74 Å². The van der Waals surface area contributed by atoms with Crippen molar-refractivity contribution < 1.29 is 13.9 Å². The van der Waals surface area contributed by atoms with Crippen molar-refractivity contribution in [3.05, 3.63) is 72.3 Å². The molecule has 1 amide bonds. The maximum absolute atomic E-state index is 14.1. The molecule has 9 heteroatoms. The molecule has 2 aromatic carbocycles. The van der Waals surface area contributed by atoms with Crippen LogP contribution >= 0.6 is 0 Å². The zero-order valence-electron chi connectivity index (χ0n) is 20.3. The largest absolute Gasteiger partial charge is 0.457 e. The number of ether oxygens (including phenoxy) is 1. The molecule has 35 heavy (non-hydrogen) atoms. The number of halogens is 1. The van der Waals surface area contributed by atoms with Crippen LogP contribution in [0.5, 0.6) is 11.5 Å². The quantitative estimate of drug-likeness (QED) is 0.375. The van der Waals surface area contributed by atoms with E-state index in [1.165, 1.54) is 6.07 Å². The van der Waals surface area contributed by atoms with Gasteiger partial charge in [-0.05, 0) is 51.4 Å². The number of likely N-dealkylation sites (N-methyl/N-ethyl adjacent to an activating group) is 2. The van der Waals surface area contributed by atoms with Crippen LogP contribution in [-0.2, 0) is 6.54 Å². The third-order valence-electron chi connectivity index (χ3n) is 5.57. The van der Waals surface area contributed by atoms with Crippen molar-refractivity contribution in [2.45, 2.75) is 13.5 Å². The number of nitrogens with zero attached hydrogens (tertiary/aromatic N) is 5. The highest BCUT2D eigenvalue weighted by Crippen LogP contribution is 2.29. The van der Waals surface area contributed by atoms with Gasteiger partial charge in [0.05, 0.1) is 16.7 Å². The van der Waals surface area contributed by atoms with Gasteiger partial charge >= 0.3 is 0 Å². The molecule has 0 unspecified atom stereocenters. The average molecular weight is 477 g/mol. The molecule has 2 heterocycles. The predicted molar refractivity (Wildman–Crippen MR) is 135 cm³/mol. The van der Waals surface area contributed by atoms with Gasteiger partial charge in [0.15, 0.2) is 0 Å². The molecule has 2 aromatic heterocycles. The van der Waals surface area contributed by atoms with Gasteiger partial charge < -0.3 is 24.4 Å². The average Bonchev–Trinajstić information content (AvgIpc) is 3.19. The number of aryl methyl sites for hydroxylation is 1. The van der Waals surface area contributed by atoms with Gasteiger partial charge in [-0.2, -0.15) is 0 Å². The van der Waals surface area contributed by atoms with E-state index in [1.54, 1.807) is 48.5 Å². The summed E-state index contributed by atoms with van der Waals surface area (Å²) in [6.07, 6.45) is 1.56. The number of carbonyl (C=O) groups excluding carboxylic acids is 1. The van der Waals surface area contributed by atoms with Crippen molar-refractivity contribution in [1.29, 1.82) is 0 Å². The summed E-state index contributed by atoms with van der Waals surface area (Å²) in [5.41, 5.74) is 2.28. The van der Waals surface area contributed by atoms with Crippen LogP contribution in [0.25, 0.3) is 11.0 Å². The van der Waals surface area contributed by atoms with Crippen molar-refractivity contribution >= 4 is 28.6 Å². The molecule has 0 aliphatic heterocycles. The van der Waals surface area contributed by atoms with E-state index in [0.29, 0.717) is 47.4 Å². The first kappa shape index (κ1) is 24.2. The summed E-state index contributed by atoms with van der Waals surface area (Å²) in [6, 6.07) is 15.4. The van der Waals surface area contributed by atoms with Crippen molar-refractivity contribution in [1.82, 2.24) is 24.3 Å². The Morgan fingerprint density at radius 3 is 2.57 bits per heavy atom. The van der Waals surface area contributed by atoms with Crippen LogP contribution in [0.15, 0.2) is 60.8 Å². The molecule has 0 aliphatic rings. The van der Waals surface area contributed by atoms with Crippen LogP contribution in [0.4, 0.5) is 16.0 Å². The fourth-order valence-corrected chi connectivity index (χ4v) is 3.65. The summed E-state index contributed by atoms with van der Waals surface area (Å²) in [6.45, 7) is 4.02. The summed E-state index contributed by atoms with van der Waals surface area (Å²) in [4.78, 5) is 25.2. The molecule has 0 spiro atoms. The first-order chi connectivity index (χ1) is 16.9. The minimum atomic E-state index is -0.346. The van der Waals surface area contributed by atoms with E-state index in [0.717, 1.165) is 12.1 Å². The van der Waals surface area contributed by atoms with E-state index in [9.17, 15) is 9.18 Å². The lowest BCUT2D eigenvalue weighted by atomic mass is 10.2. The molecule has 0 fully saturated rings. The van der Waals surface area contributed by atoms with Gasteiger partial charge in [-0.25, -0.2) is 9.37 Å². The van der Waals surface area contributed by atoms with Gasteiger partial charge in [-0.1, -0.05) is 12.1 Å². The molecule has 4 rings (SSSR count). The lowest BCUT2D eigenvalue weighted by molar-refractivity contribution is 0.0780. The molecule has 0 bridgehead atoms. The number of benzene rings is 2. The van der Waals surface area contributed by atoms with Crippen molar-refractivity contribution in [3.8, 4) is 11.5 Å². The fraction of sp³-hybridized carbons (Fsp3) is 0.269. The van der Waals surface area contributed by atoms with E-state index in [-0.39, 0.29) is 11.7 Å². The number of para-hydroxylation sites is 1. The Bertz CT molecular complexity index is 1340. The molecule has 1 N–H and O–H groups in total. The number of hydrogen-bond acceptors (Lipinski definition) is 6. The van der Waals surface area contributed by atoms with E-state index < -0.39 is 0 Å². The number of amides is 1. The van der Waals surface area contributed by atoms with Crippen LogP contribution in [0, 0.1) is 5.82 Å². The number of nitrogens with one attached hydrogen (secondary N) is 1. The SMILES string of the molecule is CCn1c(Nc2ccccc2F)nc2cc(Oc3ccnc(C(=O)N(C)CCN(C)C)c3)ccc21. The Hall–Kier alpha value is -3.98. The van der Waals surface area contributed by atoms with E-state index >= 15 is 0 Å². The number of aromatic nitrogens is 3. The van der Waals surface area contributed by atoms with Crippen LogP contribution in [0.2, 0.25) is 0 Å². The van der Waals surface area contributed by atoms with Gasteiger partial charge in [-0.3, -0.25) is 9.78 Å². The Morgan fingerprint density at radius 1 is 1.06 bits per heavy atom. The predicted octanol–water partition coefficient (Wildman–Crippen LogP) is 4.76. The first-order valence-electron chi connectivity index (χ1n) is 11.4. The van der Waals surface area contributed by atoms with Crippen molar-refractivity contribution in [2.75, 3.05) is 39.5 Å². The van der Waals surface area contributed by atoms with Crippen LogP contribution in [0.1, 0.15) is 17.4 Å². The number of fused-ring (bicyclic) bond motifs is 1. The maximum Gasteiger partial charge on any atom is 0.272 e. The normalized spacial score (nSPS) is 11.1. The van der Waals surface area contributed by atoms with Gasteiger partial charge in [-0.15, -0.1) is 0 Å². The molecule has 0 atom stereocenters. The second kappa shape index (κ2) is 10.5. The van der Waals surface area contributed by atoms with Crippen LogP contribution in [0.3, 0.4) is 0 Å². The third kappa shape index (κ3) is 5.58. The lowest BCUT2D eigenvalue weighted by Crippen LogP contribution is -2.33. The number of anilines is 2. The van der Waals surface area contributed by atoms with Crippen LogP contribution < -0.4 is 10.1 Å². The topological polar surface area (TPSA) is 75.5 Å².